The quantitative estimate of drug-likeness (QED) is 0.528. The van der Waals surface area contributed by atoms with Crippen LogP contribution in [0.4, 0.5) is 5.69 Å². The zero-order chi connectivity index (χ0) is 18.8. The number of nitrogens with one attached hydrogen (secondary N) is 3. The lowest BCUT2D eigenvalue weighted by Crippen LogP contribution is -2.41. The Balaban J connectivity index is 1.79. The van der Waals surface area contributed by atoms with E-state index in [0.29, 0.717) is 12.5 Å². The van der Waals surface area contributed by atoms with Crippen LogP contribution >= 0.6 is 0 Å². The highest BCUT2D eigenvalue weighted by Crippen LogP contribution is 2.11. The van der Waals surface area contributed by atoms with Crippen LogP contribution in [0.5, 0.6) is 5.75 Å². The number of hydrogen-bond donors (Lipinski definition) is 3. The second-order valence-electron chi connectivity index (χ2n) is 5.73. The average Bonchev–Trinajstić information content (AvgIpc) is 2.68. The number of nitrogens with zero attached hydrogens (tertiary/aromatic N) is 1. The average molecular weight is 354 g/mol. The number of guanidine groups is 1. The monoisotopic (exact) mass is 354 g/mol. The zero-order valence-electron chi connectivity index (χ0n) is 15.5. The highest BCUT2D eigenvalue weighted by Gasteiger charge is 2.05. The molecule has 138 valence electrons. The highest BCUT2D eigenvalue weighted by molar-refractivity contribution is 5.95. The molecule has 0 aliphatic carbocycles. The molecule has 1 amide bonds. The van der Waals surface area contributed by atoms with Gasteiger partial charge in [0.05, 0.1) is 13.7 Å². The van der Waals surface area contributed by atoms with Gasteiger partial charge in [-0.05, 0) is 41.8 Å². The summed E-state index contributed by atoms with van der Waals surface area (Å²) in [6, 6.07) is 15.6. The Labute approximate surface area is 154 Å². The lowest BCUT2D eigenvalue weighted by molar-refractivity contribution is -0.115. The van der Waals surface area contributed by atoms with Crippen LogP contribution in [0, 0.1) is 0 Å². The molecule has 0 aliphatic heterocycles. The van der Waals surface area contributed by atoms with Gasteiger partial charge in [-0.2, -0.15) is 0 Å². The van der Waals surface area contributed by atoms with Crippen molar-refractivity contribution in [3.63, 3.8) is 0 Å². The summed E-state index contributed by atoms with van der Waals surface area (Å²) in [5.74, 6) is 1.27. The number of carbonyl (C=O) groups is 1. The number of amides is 1. The van der Waals surface area contributed by atoms with Crippen molar-refractivity contribution in [2.45, 2.75) is 19.9 Å². The van der Waals surface area contributed by atoms with Crippen LogP contribution in [0.1, 0.15) is 18.1 Å². The number of ether oxygens (including phenoxy) is 1. The first-order valence-electron chi connectivity index (χ1n) is 8.60. The maximum atomic E-state index is 12.1. The summed E-state index contributed by atoms with van der Waals surface area (Å²) >= 11 is 0. The van der Waals surface area contributed by atoms with Gasteiger partial charge in [0.1, 0.15) is 5.75 Å². The molecule has 6 heteroatoms. The van der Waals surface area contributed by atoms with E-state index in [1.54, 1.807) is 14.2 Å². The van der Waals surface area contributed by atoms with E-state index in [2.05, 4.69) is 27.9 Å². The van der Waals surface area contributed by atoms with Crippen LogP contribution < -0.4 is 20.7 Å². The van der Waals surface area contributed by atoms with Crippen molar-refractivity contribution in [1.82, 2.24) is 10.6 Å². The predicted molar refractivity (Wildman–Crippen MR) is 106 cm³/mol. The number of benzene rings is 2. The van der Waals surface area contributed by atoms with Crippen LogP contribution in [-0.4, -0.2) is 32.6 Å². The predicted octanol–water partition coefficient (Wildman–Crippen LogP) is 2.56. The minimum Gasteiger partial charge on any atom is -0.497 e. The molecule has 6 nitrogen and oxygen atoms in total. The van der Waals surface area contributed by atoms with E-state index in [1.807, 2.05) is 48.5 Å². The molecule has 0 bridgehead atoms. The Bertz CT molecular complexity index is 742. The van der Waals surface area contributed by atoms with Gasteiger partial charge in [-0.3, -0.25) is 9.79 Å². The van der Waals surface area contributed by atoms with Crippen molar-refractivity contribution in [2.75, 3.05) is 26.0 Å². The second kappa shape index (κ2) is 10.1. The molecule has 3 N–H and O–H groups in total. The van der Waals surface area contributed by atoms with Gasteiger partial charge in [-0.25, -0.2) is 0 Å². The van der Waals surface area contributed by atoms with E-state index in [-0.39, 0.29) is 12.5 Å². The number of carbonyl (C=O) groups excluding carboxylic acids is 1. The first-order valence-corrected chi connectivity index (χ1v) is 8.60. The molecule has 2 aromatic rings. The fourth-order valence-corrected chi connectivity index (χ4v) is 2.39. The molecule has 2 rings (SSSR count). The number of hydrogen-bond acceptors (Lipinski definition) is 3. The topological polar surface area (TPSA) is 74.8 Å². The fraction of sp³-hybridized carbons (Fsp3) is 0.300. The molecule has 0 saturated carbocycles. The van der Waals surface area contributed by atoms with Crippen LogP contribution in [0.2, 0.25) is 0 Å². The van der Waals surface area contributed by atoms with Gasteiger partial charge in [-0.15, -0.1) is 0 Å². The minimum atomic E-state index is -0.120. The number of anilines is 1. The third-order valence-corrected chi connectivity index (χ3v) is 3.88. The summed E-state index contributed by atoms with van der Waals surface area (Å²) in [5.41, 5.74) is 3.08. The Morgan fingerprint density at radius 3 is 2.50 bits per heavy atom. The number of aryl methyl sites for hydroxylation is 1. The Morgan fingerprint density at radius 2 is 1.85 bits per heavy atom. The molecular weight excluding hydrogens is 328 g/mol. The normalized spacial score (nSPS) is 11.0. The van der Waals surface area contributed by atoms with Crippen molar-refractivity contribution >= 4 is 17.6 Å². The SMILES string of the molecule is CCc1cccc(NC(=O)CNC(=NC)NCc2ccc(OC)cc2)c1. The van der Waals surface area contributed by atoms with E-state index in [4.69, 9.17) is 4.74 Å². The molecule has 0 unspecified atom stereocenters. The summed E-state index contributed by atoms with van der Waals surface area (Å²) in [6.45, 7) is 2.82. The summed E-state index contributed by atoms with van der Waals surface area (Å²) < 4.78 is 5.14. The van der Waals surface area contributed by atoms with Gasteiger partial charge >= 0.3 is 0 Å². The zero-order valence-corrected chi connectivity index (χ0v) is 15.5. The molecule has 0 aliphatic rings. The van der Waals surface area contributed by atoms with Crippen LogP contribution in [-0.2, 0) is 17.8 Å². The van der Waals surface area contributed by atoms with Crippen molar-refractivity contribution in [3.8, 4) is 5.75 Å². The van der Waals surface area contributed by atoms with Gasteiger partial charge in [-0.1, -0.05) is 31.2 Å². The van der Waals surface area contributed by atoms with E-state index in [9.17, 15) is 4.79 Å². The lowest BCUT2D eigenvalue weighted by atomic mass is 10.1. The summed E-state index contributed by atoms with van der Waals surface area (Å²) in [6.07, 6.45) is 0.934. The number of aliphatic imine (C=N–C) groups is 1. The first-order chi connectivity index (χ1) is 12.6. The molecule has 26 heavy (non-hydrogen) atoms. The number of rotatable bonds is 7. The standard InChI is InChI=1S/C20H26N4O2/c1-4-15-6-5-7-17(12-15)24-19(25)14-23-20(21-2)22-13-16-8-10-18(26-3)11-9-16/h5-12H,4,13-14H2,1-3H3,(H,24,25)(H2,21,22,23). The van der Waals surface area contributed by atoms with Crippen molar-refractivity contribution in [2.24, 2.45) is 4.99 Å². The molecule has 0 aromatic heterocycles. The third kappa shape index (κ3) is 6.12. The molecule has 0 saturated heterocycles. The van der Waals surface area contributed by atoms with Gasteiger partial charge in [0, 0.05) is 19.3 Å². The van der Waals surface area contributed by atoms with E-state index < -0.39 is 0 Å². The lowest BCUT2D eigenvalue weighted by Gasteiger charge is -2.12. The maximum absolute atomic E-state index is 12.1. The van der Waals surface area contributed by atoms with Gasteiger partial charge < -0.3 is 20.7 Å². The molecule has 2 aromatic carbocycles. The van der Waals surface area contributed by atoms with Crippen molar-refractivity contribution in [1.29, 1.82) is 0 Å². The van der Waals surface area contributed by atoms with Gasteiger partial charge in [0.15, 0.2) is 5.96 Å². The second-order valence-corrected chi connectivity index (χ2v) is 5.73. The molecule has 0 fully saturated rings. The molecular formula is C20H26N4O2. The van der Waals surface area contributed by atoms with Crippen molar-refractivity contribution < 1.29 is 9.53 Å². The first kappa shape index (κ1) is 19.3. The van der Waals surface area contributed by atoms with Gasteiger partial charge in [0.25, 0.3) is 0 Å². The van der Waals surface area contributed by atoms with E-state index >= 15 is 0 Å². The fourth-order valence-electron chi connectivity index (χ4n) is 2.39. The molecule has 0 atom stereocenters. The number of methoxy groups -OCH3 is 1. The van der Waals surface area contributed by atoms with Crippen LogP contribution in [0.3, 0.4) is 0 Å². The Hall–Kier alpha value is -3.02. The van der Waals surface area contributed by atoms with Crippen molar-refractivity contribution in [3.05, 3.63) is 59.7 Å². The summed E-state index contributed by atoms with van der Waals surface area (Å²) in [5, 5.41) is 9.08. The Kier molecular flexibility index (Phi) is 7.49. The Morgan fingerprint density at radius 1 is 1.08 bits per heavy atom. The molecule has 0 spiro atoms. The summed E-state index contributed by atoms with van der Waals surface area (Å²) in [4.78, 5) is 16.2. The van der Waals surface area contributed by atoms with E-state index in [1.165, 1.54) is 5.56 Å². The molecule has 0 radical (unpaired) electrons. The molecule has 0 heterocycles. The minimum absolute atomic E-state index is 0.120. The largest absolute Gasteiger partial charge is 0.497 e. The maximum Gasteiger partial charge on any atom is 0.243 e. The smallest absolute Gasteiger partial charge is 0.243 e. The van der Waals surface area contributed by atoms with Crippen LogP contribution in [0.25, 0.3) is 0 Å². The van der Waals surface area contributed by atoms with Gasteiger partial charge in [0.2, 0.25) is 5.91 Å². The highest BCUT2D eigenvalue weighted by atomic mass is 16.5. The third-order valence-electron chi connectivity index (χ3n) is 3.88. The van der Waals surface area contributed by atoms with E-state index in [0.717, 1.165) is 23.4 Å². The summed E-state index contributed by atoms with van der Waals surface area (Å²) in [7, 11) is 3.31. The van der Waals surface area contributed by atoms with Crippen LogP contribution in [0.15, 0.2) is 53.5 Å².